The van der Waals surface area contributed by atoms with Crippen LogP contribution in [-0.2, 0) is 14.6 Å². The van der Waals surface area contributed by atoms with Crippen LogP contribution in [0, 0.1) is 0 Å². The Morgan fingerprint density at radius 2 is 1.86 bits per heavy atom. The monoisotopic (exact) mass is 513 g/mol. The SMILES string of the molecule is Nc1ccc(C=CC(=O)NCS(=O)(=O)c2cc3cc(-c4ncc(C(=O)O)cn4)cc(Cl)c3o2)cn1. The van der Waals surface area contributed by atoms with E-state index in [9.17, 15) is 18.0 Å². The van der Waals surface area contributed by atoms with Crippen LogP contribution in [0.5, 0.6) is 0 Å². The van der Waals surface area contributed by atoms with Crippen molar-refractivity contribution in [2.24, 2.45) is 0 Å². The number of nitrogens with one attached hydrogen (secondary N) is 1. The topological polar surface area (TPSA) is 178 Å². The van der Waals surface area contributed by atoms with Gasteiger partial charge in [-0.1, -0.05) is 11.6 Å². The maximum atomic E-state index is 12.7. The molecule has 0 saturated heterocycles. The molecule has 13 heteroatoms. The highest BCUT2D eigenvalue weighted by Gasteiger charge is 2.22. The first-order valence-corrected chi connectivity index (χ1v) is 11.8. The van der Waals surface area contributed by atoms with Gasteiger partial charge in [-0.25, -0.2) is 28.2 Å². The van der Waals surface area contributed by atoms with Gasteiger partial charge in [0.2, 0.25) is 20.8 Å². The maximum absolute atomic E-state index is 12.7. The van der Waals surface area contributed by atoms with Gasteiger partial charge in [-0.2, -0.15) is 0 Å². The number of anilines is 1. The number of hydrogen-bond donors (Lipinski definition) is 3. The summed E-state index contributed by atoms with van der Waals surface area (Å²) in [4.78, 5) is 34.9. The molecule has 35 heavy (non-hydrogen) atoms. The summed E-state index contributed by atoms with van der Waals surface area (Å²) >= 11 is 6.26. The lowest BCUT2D eigenvalue weighted by Crippen LogP contribution is -2.27. The summed E-state index contributed by atoms with van der Waals surface area (Å²) in [5.74, 6) is -1.98. The smallest absolute Gasteiger partial charge is 0.338 e. The highest BCUT2D eigenvalue weighted by Crippen LogP contribution is 2.33. The van der Waals surface area contributed by atoms with E-state index in [1.807, 2.05) is 0 Å². The molecule has 1 aromatic carbocycles. The van der Waals surface area contributed by atoms with Crippen molar-refractivity contribution in [2.45, 2.75) is 5.09 Å². The first-order valence-electron chi connectivity index (χ1n) is 9.81. The average Bonchev–Trinajstić information content (AvgIpc) is 3.28. The van der Waals surface area contributed by atoms with Crippen LogP contribution in [0.25, 0.3) is 28.4 Å². The standard InChI is InChI=1S/C22H16ClN5O6S/c23-16-6-14(21-26-9-15(10-27-21)22(30)31)5-13-7-19(34-20(13)16)35(32,33)11-28-18(29)4-2-12-1-3-17(24)25-8-12/h1-10H,11H2,(H2,24,25)(H,28,29)(H,30,31). The van der Waals surface area contributed by atoms with Gasteiger partial charge in [-0.15, -0.1) is 0 Å². The third kappa shape index (κ3) is 5.45. The summed E-state index contributed by atoms with van der Waals surface area (Å²) in [6.07, 6.45) is 6.39. The number of nitrogens with zero attached hydrogens (tertiary/aromatic N) is 3. The summed E-state index contributed by atoms with van der Waals surface area (Å²) < 4.78 is 30.9. The minimum Gasteiger partial charge on any atom is -0.478 e. The number of aromatic carboxylic acids is 1. The maximum Gasteiger partial charge on any atom is 0.338 e. The minimum atomic E-state index is -4.03. The zero-order valence-electron chi connectivity index (χ0n) is 17.7. The second-order valence-electron chi connectivity index (χ2n) is 7.19. The Morgan fingerprint density at radius 1 is 1.11 bits per heavy atom. The summed E-state index contributed by atoms with van der Waals surface area (Å²) in [6, 6.07) is 7.52. The average molecular weight is 514 g/mol. The first-order chi connectivity index (χ1) is 16.6. The molecule has 178 valence electrons. The number of sulfone groups is 1. The lowest BCUT2D eigenvalue weighted by molar-refractivity contribution is -0.116. The van der Waals surface area contributed by atoms with Crippen LogP contribution in [0.1, 0.15) is 15.9 Å². The van der Waals surface area contributed by atoms with Gasteiger partial charge in [-0.3, -0.25) is 4.79 Å². The molecule has 4 aromatic rings. The number of nitrogens with two attached hydrogens (primary N) is 1. The molecule has 0 aliphatic rings. The molecule has 4 rings (SSSR count). The van der Waals surface area contributed by atoms with E-state index in [4.69, 9.17) is 26.9 Å². The quantitative estimate of drug-likeness (QED) is 0.311. The number of furan rings is 1. The third-order valence-corrected chi connectivity index (χ3v) is 6.30. The molecule has 0 radical (unpaired) electrons. The van der Waals surface area contributed by atoms with Gasteiger partial charge in [0, 0.05) is 41.7 Å². The molecule has 0 aliphatic carbocycles. The Bertz CT molecular complexity index is 1560. The van der Waals surface area contributed by atoms with Gasteiger partial charge in [0.15, 0.2) is 11.4 Å². The fourth-order valence-corrected chi connectivity index (χ4v) is 4.20. The lowest BCUT2D eigenvalue weighted by Gasteiger charge is -2.02. The number of pyridine rings is 1. The van der Waals surface area contributed by atoms with Crippen molar-refractivity contribution >= 4 is 56.2 Å². The number of nitrogen functional groups attached to an aromatic ring is 1. The van der Waals surface area contributed by atoms with Crippen molar-refractivity contribution < 1.29 is 27.5 Å². The predicted molar refractivity (Wildman–Crippen MR) is 127 cm³/mol. The minimum absolute atomic E-state index is 0.0837. The van der Waals surface area contributed by atoms with E-state index in [1.165, 1.54) is 30.5 Å². The molecule has 3 aromatic heterocycles. The van der Waals surface area contributed by atoms with Crippen molar-refractivity contribution in [3.05, 3.63) is 71.1 Å². The summed E-state index contributed by atoms with van der Waals surface area (Å²) in [5, 5.41) is 11.3. The Morgan fingerprint density at radius 3 is 2.51 bits per heavy atom. The van der Waals surface area contributed by atoms with Crippen LogP contribution in [0.4, 0.5) is 5.82 Å². The van der Waals surface area contributed by atoms with Crippen LogP contribution >= 0.6 is 11.6 Å². The van der Waals surface area contributed by atoms with Crippen LogP contribution in [0.3, 0.4) is 0 Å². The molecule has 0 saturated carbocycles. The summed E-state index contributed by atoms with van der Waals surface area (Å²) in [6.45, 7) is 0. The van der Waals surface area contributed by atoms with Crippen molar-refractivity contribution in [3.63, 3.8) is 0 Å². The number of carboxylic acid groups (broad SMARTS) is 1. The first kappa shape index (κ1) is 23.9. The molecule has 0 aliphatic heterocycles. The van der Waals surface area contributed by atoms with E-state index >= 15 is 0 Å². The molecule has 1 amide bonds. The van der Waals surface area contributed by atoms with Gasteiger partial charge >= 0.3 is 5.97 Å². The second kappa shape index (κ2) is 9.52. The number of fused-ring (bicyclic) bond motifs is 1. The molecule has 11 nitrogen and oxygen atoms in total. The summed E-state index contributed by atoms with van der Waals surface area (Å²) in [5.41, 5.74) is 6.58. The molecule has 0 spiro atoms. The van der Waals surface area contributed by atoms with E-state index in [2.05, 4.69) is 20.3 Å². The molecule has 3 heterocycles. The Labute approximate surface area is 203 Å². The van der Waals surface area contributed by atoms with E-state index in [1.54, 1.807) is 18.2 Å². The Balaban J connectivity index is 1.51. The molecular formula is C22H16ClN5O6S. The lowest BCUT2D eigenvalue weighted by atomic mass is 10.1. The highest BCUT2D eigenvalue weighted by atomic mass is 35.5. The highest BCUT2D eigenvalue weighted by molar-refractivity contribution is 7.91. The molecule has 0 atom stereocenters. The second-order valence-corrected chi connectivity index (χ2v) is 9.52. The fraction of sp³-hybridized carbons (Fsp3) is 0.0455. The van der Waals surface area contributed by atoms with Crippen molar-refractivity contribution in [2.75, 3.05) is 11.6 Å². The summed E-state index contributed by atoms with van der Waals surface area (Å²) in [7, 11) is -4.03. The number of carbonyl (C=O) groups is 2. The zero-order chi connectivity index (χ0) is 25.2. The number of rotatable bonds is 7. The predicted octanol–water partition coefficient (Wildman–Crippen LogP) is 2.78. The normalized spacial score (nSPS) is 11.7. The van der Waals surface area contributed by atoms with Gasteiger partial charge < -0.3 is 20.6 Å². The van der Waals surface area contributed by atoms with Crippen LogP contribution in [0.2, 0.25) is 5.02 Å². The number of amides is 1. The number of hydrogen-bond acceptors (Lipinski definition) is 9. The van der Waals surface area contributed by atoms with Gasteiger partial charge in [0.1, 0.15) is 11.7 Å². The van der Waals surface area contributed by atoms with E-state index in [-0.39, 0.29) is 27.1 Å². The molecule has 0 unspecified atom stereocenters. The Kier molecular flexibility index (Phi) is 6.49. The largest absolute Gasteiger partial charge is 0.478 e. The number of benzene rings is 1. The van der Waals surface area contributed by atoms with Crippen LogP contribution in [0.15, 0.2) is 64.5 Å². The van der Waals surface area contributed by atoms with Gasteiger partial charge in [-0.05, 0) is 35.9 Å². The van der Waals surface area contributed by atoms with Gasteiger partial charge in [0.05, 0.1) is 10.6 Å². The molecular weight excluding hydrogens is 498 g/mol. The molecule has 4 N–H and O–H groups in total. The van der Waals surface area contributed by atoms with E-state index in [0.29, 0.717) is 22.3 Å². The van der Waals surface area contributed by atoms with E-state index in [0.717, 1.165) is 12.4 Å². The number of halogens is 1. The molecule has 0 bridgehead atoms. The van der Waals surface area contributed by atoms with E-state index < -0.39 is 27.6 Å². The molecule has 0 fully saturated rings. The number of aromatic nitrogens is 3. The third-order valence-electron chi connectivity index (χ3n) is 4.68. The van der Waals surface area contributed by atoms with Crippen LogP contribution in [-0.4, -0.2) is 46.2 Å². The number of carboxylic acids is 1. The van der Waals surface area contributed by atoms with Crippen LogP contribution < -0.4 is 11.1 Å². The van der Waals surface area contributed by atoms with Crippen molar-refractivity contribution in [3.8, 4) is 11.4 Å². The van der Waals surface area contributed by atoms with Crippen molar-refractivity contribution in [1.29, 1.82) is 0 Å². The van der Waals surface area contributed by atoms with Gasteiger partial charge in [0.25, 0.3) is 0 Å². The fourth-order valence-electron chi connectivity index (χ4n) is 2.94. The number of carbonyl (C=O) groups excluding carboxylic acids is 1. The van der Waals surface area contributed by atoms with Crippen molar-refractivity contribution in [1.82, 2.24) is 20.3 Å². The Hall–Kier alpha value is -4.29. The zero-order valence-corrected chi connectivity index (χ0v) is 19.2.